The van der Waals surface area contributed by atoms with Crippen molar-refractivity contribution in [3.05, 3.63) is 46.8 Å². The molecule has 0 bridgehead atoms. The lowest BCUT2D eigenvalue weighted by molar-refractivity contribution is 0.454. The van der Waals surface area contributed by atoms with Gasteiger partial charge in [0.1, 0.15) is 5.75 Å². The first-order valence-electron chi connectivity index (χ1n) is 4.72. The molecule has 1 aromatic carbocycles. The number of halogens is 1. The molecular weight excluding hydrogens is 270 g/mol. The van der Waals surface area contributed by atoms with Crippen molar-refractivity contribution >= 4 is 15.9 Å². The van der Waals surface area contributed by atoms with Crippen LogP contribution < -0.4 is 10.5 Å². The lowest BCUT2D eigenvalue weighted by Gasteiger charge is -2.08. The number of ether oxygens (including phenoxy) is 1. The fourth-order valence-corrected chi connectivity index (χ4v) is 1.67. The second-order valence-electron chi connectivity index (χ2n) is 3.10. The summed E-state index contributed by atoms with van der Waals surface area (Å²) in [6.07, 6.45) is 4.73. The fraction of sp³-hybridized carbons (Fsp3) is 0.0909. The number of rotatable bonds is 3. The van der Waals surface area contributed by atoms with Gasteiger partial charge < -0.3 is 10.5 Å². The smallest absolute Gasteiger partial charge is 0.237 e. The van der Waals surface area contributed by atoms with Crippen LogP contribution in [0.15, 0.2) is 41.3 Å². The van der Waals surface area contributed by atoms with E-state index in [0.717, 1.165) is 10.0 Å². The molecule has 2 rings (SSSR count). The third-order valence-electron chi connectivity index (χ3n) is 2.00. The minimum atomic E-state index is 0.412. The highest BCUT2D eigenvalue weighted by molar-refractivity contribution is 9.10. The lowest BCUT2D eigenvalue weighted by Crippen LogP contribution is -2.00. The molecule has 0 amide bonds. The molecule has 0 fully saturated rings. The lowest BCUT2D eigenvalue weighted by atomic mass is 10.2. The van der Waals surface area contributed by atoms with Crippen molar-refractivity contribution in [3.8, 4) is 11.6 Å². The topological polar surface area (TPSA) is 61.0 Å². The van der Waals surface area contributed by atoms with Gasteiger partial charge in [0, 0.05) is 29.0 Å². The summed E-state index contributed by atoms with van der Waals surface area (Å²) in [4.78, 5) is 7.96. The maximum Gasteiger partial charge on any atom is 0.237 e. The first-order chi connectivity index (χ1) is 7.79. The van der Waals surface area contributed by atoms with Gasteiger partial charge in [0.05, 0.1) is 6.20 Å². The number of aromatic nitrogens is 2. The minimum absolute atomic E-state index is 0.412. The molecular formula is C11H10BrN3O. The molecule has 1 heterocycles. The van der Waals surface area contributed by atoms with Gasteiger partial charge in [0.2, 0.25) is 5.88 Å². The predicted octanol–water partition coefficient (Wildman–Crippen LogP) is 2.49. The van der Waals surface area contributed by atoms with E-state index in [0.29, 0.717) is 18.2 Å². The Morgan fingerprint density at radius 2 is 2.19 bits per heavy atom. The predicted molar refractivity (Wildman–Crippen MR) is 64.1 cm³/mol. The van der Waals surface area contributed by atoms with Crippen LogP contribution in [-0.2, 0) is 6.54 Å². The first-order valence-corrected chi connectivity index (χ1v) is 5.51. The molecule has 0 unspecified atom stereocenters. The van der Waals surface area contributed by atoms with E-state index in [1.165, 1.54) is 0 Å². The number of hydrogen-bond donors (Lipinski definition) is 1. The Bertz CT molecular complexity index is 476. The average molecular weight is 280 g/mol. The maximum absolute atomic E-state index is 5.64. The molecule has 0 aliphatic carbocycles. The largest absolute Gasteiger partial charge is 0.437 e. The van der Waals surface area contributed by atoms with E-state index >= 15 is 0 Å². The third kappa shape index (κ3) is 2.56. The standard InChI is InChI=1S/C11H10BrN3O/c12-9-1-2-10(8(5-9)6-13)16-11-7-14-3-4-15-11/h1-5,7H,6,13H2. The molecule has 1 aromatic heterocycles. The monoisotopic (exact) mass is 279 g/mol. The summed E-state index contributed by atoms with van der Waals surface area (Å²) in [5.74, 6) is 1.16. The second-order valence-corrected chi connectivity index (χ2v) is 4.02. The Morgan fingerprint density at radius 1 is 1.31 bits per heavy atom. The van der Waals surface area contributed by atoms with Gasteiger partial charge >= 0.3 is 0 Å². The molecule has 2 aromatic rings. The van der Waals surface area contributed by atoms with E-state index in [-0.39, 0.29) is 0 Å². The Labute approximate surface area is 102 Å². The maximum atomic E-state index is 5.64. The van der Waals surface area contributed by atoms with Gasteiger partial charge in [-0.3, -0.25) is 4.98 Å². The van der Waals surface area contributed by atoms with Gasteiger partial charge in [-0.1, -0.05) is 15.9 Å². The quantitative estimate of drug-likeness (QED) is 0.938. The van der Waals surface area contributed by atoms with Crippen LogP contribution in [0.2, 0.25) is 0 Å². The Hall–Kier alpha value is -1.46. The molecule has 16 heavy (non-hydrogen) atoms. The Kier molecular flexibility index (Phi) is 3.48. The van der Waals surface area contributed by atoms with Crippen LogP contribution >= 0.6 is 15.9 Å². The zero-order valence-corrected chi connectivity index (χ0v) is 10.0. The van der Waals surface area contributed by atoms with Crippen molar-refractivity contribution in [2.24, 2.45) is 5.73 Å². The summed E-state index contributed by atoms with van der Waals surface area (Å²) in [5, 5.41) is 0. The molecule has 0 aliphatic heterocycles. The Morgan fingerprint density at radius 3 is 2.88 bits per heavy atom. The Balaban J connectivity index is 2.28. The molecule has 0 radical (unpaired) electrons. The van der Waals surface area contributed by atoms with E-state index in [1.54, 1.807) is 18.6 Å². The molecule has 2 N–H and O–H groups in total. The van der Waals surface area contributed by atoms with Gasteiger partial charge in [-0.25, -0.2) is 4.98 Å². The van der Waals surface area contributed by atoms with Crippen molar-refractivity contribution in [1.29, 1.82) is 0 Å². The van der Waals surface area contributed by atoms with Crippen molar-refractivity contribution in [2.75, 3.05) is 0 Å². The van der Waals surface area contributed by atoms with Crippen molar-refractivity contribution in [1.82, 2.24) is 9.97 Å². The highest BCUT2D eigenvalue weighted by Gasteiger charge is 2.04. The van der Waals surface area contributed by atoms with Gasteiger partial charge in [-0.15, -0.1) is 0 Å². The van der Waals surface area contributed by atoms with Crippen LogP contribution in [0.3, 0.4) is 0 Å². The number of hydrogen-bond acceptors (Lipinski definition) is 4. The number of nitrogens with zero attached hydrogens (tertiary/aromatic N) is 2. The number of nitrogens with two attached hydrogens (primary N) is 1. The van der Waals surface area contributed by atoms with Crippen LogP contribution in [0.1, 0.15) is 5.56 Å². The van der Waals surface area contributed by atoms with Crippen LogP contribution in [0.4, 0.5) is 0 Å². The summed E-state index contributed by atoms with van der Waals surface area (Å²) < 4.78 is 6.55. The van der Waals surface area contributed by atoms with Crippen LogP contribution in [0, 0.1) is 0 Å². The van der Waals surface area contributed by atoms with Crippen molar-refractivity contribution in [3.63, 3.8) is 0 Å². The normalized spacial score (nSPS) is 10.1. The van der Waals surface area contributed by atoms with Crippen molar-refractivity contribution < 1.29 is 4.74 Å². The summed E-state index contributed by atoms with van der Waals surface area (Å²) in [6.45, 7) is 0.412. The van der Waals surface area contributed by atoms with E-state index < -0.39 is 0 Å². The van der Waals surface area contributed by atoms with Gasteiger partial charge in [0.15, 0.2) is 0 Å². The second kappa shape index (κ2) is 5.05. The van der Waals surface area contributed by atoms with E-state index in [4.69, 9.17) is 10.5 Å². The van der Waals surface area contributed by atoms with E-state index in [9.17, 15) is 0 Å². The van der Waals surface area contributed by atoms with Crippen molar-refractivity contribution in [2.45, 2.75) is 6.54 Å². The SMILES string of the molecule is NCc1cc(Br)ccc1Oc1cnccn1. The molecule has 0 saturated carbocycles. The van der Waals surface area contributed by atoms with Crippen LogP contribution in [0.5, 0.6) is 11.6 Å². The summed E-state index contributed by atoms with van der Waals surface area (Å²) in [7, 11) is 0. The van der Waals surface area contributed by atoms with Crippen LogP contribution in [-0.4, -0.2) is 9.97 Å². The van der Waals surface area contributed by atoms with Gasteiger partial charge in [-0.05, 0) is 18.2 Å². The molecule has 5 heteroatoms. The fourth-order valence-electron chi connectivity index (χ4n) is 1.26. The van der Waals surface area contributed by atoms with Gasteiger partial charge in [-0.2, -0.15) is 0 Å². The van der Waals surface area contributed by atoms with Gasteiger partial charge in [0.25, 0.3) is 0 Å². The van der Waals surface area contributed by atoms with E-state index in [1.807, 2.05) is 18.2 Å². The zero-order valence-electron chi connectivity index (χ0n) is 8.43. The average Bonchev–Trinajstić information content (AvgIpc) is 2.33. The molecule has 0 aliphatic rings. The first kappa shape index (κ1) is 11.0. The molecule has 0 spiro atoms. The third-order valence-corrected chi connectivity index (χ3v) is 2.49. The molecule has 0 saturated heterocycles. The summed E-state index contributed by atoms with van der Waals surface area (Å²) >= 11 is 3.38. The van der Waals surface area contributed by atoms with E-state index in [2.05, 4.69) is 25.9 Å². The minimum Gasteiger partial charge on any atom is -0.437 e. The molecule has 82 valence electrons. The zero-order chi connectivity index (χ0) is 11.4. The summed E-state index contributed by atoms with van der Waals surface area (Å²) in [6, 6.07) is 5.66. The molecule has 4 nitrogen and oxygen atoms in total. The number of benzene rings is 1. The highest BCUT2D eigenvalue weighted by atomic mass is 79.9. The highest BCUT2D eigenvalue weighted by Crippen LogP contribution is 2.26. The molecule has 0 atom stereocenters. The van der Waals surface area contributed by atoms with Crippen LogP contribution in [0.25, 0.3) is 0 Å². The summed E-state index contributed by atoms with van der Waals surface area (Å²) in [5.41, 5.74) is 6.55.